The molecule has 0 nitrogen and oxygen atoms in total. The van der Waals surface area contributed by atoms with Gasteiger partial charge in [0.15, 0.2) is 0 Å². The maximum absolute atomic E-state index is 13.1. The van der Waals surface area contributed by atoms with Crippen LogP contribution in [-0.4, -0.2) is 0 Å². The first-order valence-corrected chi connectivity index (χ1v) is 7.00. The highest BCUT2D eigenvalue weighted by Crippen LogP contribution is 2.29. The molecule has 0 saturated carbocycles. The molecule has 0 heterocycles. The van der Waals surface area contributed by atoms with Gasteiger partial charge in [-0.1, -0.05) is 63.4 Å². The molecule has 0 fully saturated rings. The molecule has 18 heavy (non-hydrogen) atoms. The van der Waals surface area contributed by atoms with Crippen LogP contribution in [0, 0.1) is 12.7 Å². The van der Waals surface area contributed by atoms with Gasteiger partial charge in [0.2, 0.25) is 0 Å². The van der Waals surface area contributed by atoms with Crippen molar-refractivity contribution in [2.24, 2.45) is 0 Å². The Hall–Kier alpha value is -0.860. The lowest BCUT2D eigenvalue weighted by molar-refractivity contribution is 0.627. The van der Waals surface area contributed by atoms with Crippen LogP contribution in [0.15, 0.2) is 42.5 Å². The zero-order chi connectivity index (χ0) is 13.1. The summed E-state index contributed by atoms with van der Waals surface area (Å²) in [5, 5.41) is 0.167. The van der Waals surface area contributed by atoms with E-state index in [2.05, 4.69) is 47.1 Å². The molecule has 0 N–H and O–H groups in total. The van der Waals surface area contributed by atoms with Crippen LogP contribution in [0.2, 0.25) is 5.02 Å². The molecule has 0 aliphatic heterocycles. The second kappa shape index (κ2) is 5.85. The van der Waals surface area contributed by atoms with Gasteiger partial charge in [0.1, 0.15) is 5.82 Å². The van der Waals surface area contributed by atoms with Crippen molar-refractivity contribution < 1.29 is 4.39 Å². The maximum atomic E-state index is 13.1. The highest BCUT2D eigenvalue weighted by molar-refractivity contribution is 9.09. The van der Waals surface area contributed by atoms with Gasteiger partial charge in [-0.05, 0) is 36.6 Å². The van der Waals surface area contributed by atoms with E-state index in [4.69, 9.17) is 11.6 Å². The molecule has 2 aromatic carbocycles. The number of rotatable bonds is 3. The molecule has 0 amide bonds. The third-order valence-corrected chi connectivity index (χ3v) is 3.98. The van der Waals surface area contributed by atoms with E-state index < -0.39 is 0 Å². The normalized spacial score (nSPS) is 12.4. The smallest absolute Gasteiger partial charge is 0.141 e. The molecular formula is C15H13BrClF. The summed E-state index contributed by atoms with van der Waals surface area (Å²) >= 11 is 9.40. The van der Waals surface area contributed by atoms with Gasteiger partial charge in [0.25, 0.3) is 0 Å². The molecule has 94 valence electrons. The minimum atomic E-state index is -0.379. The van der Waals surface area contributed by atoms with E-state index in [0.29, 0.717) is 0 Å². The lowest BCUT2D eigenvalue weighted by atomic mass is 10.0. The first-order chi connectivity index (χ1) is 8.56. The molecular weight excluding hydrogens is 315 g/mol. The molecule has 0 spiro atoms. The largest absolute Gasteiger partial charge is 0.205 e. The molecule has 0 saturated heterocycles. The van der Waals surface area contributed by atoms with E-state index in [9.17, 15) is 4.39 Å². The van der Waals surface area contributed by atoms with Crippen LogP contribution in [-0.2, 0) is 6.42 Å². The summed E-state index contributed by atoms with van der Waals surface area (Å²) in [6, 6.07) is 13.2. The SMILES string of the molecule is Cc1ccc(CC(Br)c2ccc(F)c(Cl)c2)cc1. The number of aryl methyl sites for hydroxylation is 1. The minimum absolute atomic E-state index is 0.137. The zero-order valence-corrected chi connectivity index (χ0v) is 12.3. The number of hydrogen-bond donors (Lipinski definition) is 0. The van der Waals surface area contributed by atoms with Crippen molar-refractivity contribution in [1.29, 1.82) is 0 Å². The summed E-state index contributed by atoms with van der Waals surface area (Å²) < 4.78 is 13.1. The van der Waals surface area contributed by atoms with Crippen molar-refractivity contribution in [2.75, 3.05) is 0 Å². The van der Waals surface area contributed by atoms with Crippen molar-refractivity contribution >= 4 is 27.5 Å². The molecule has 3 heteroatoms. The Labute approximate surface area is 120 Å². The fraction of sp³-hybridized carbons (Fsp3) is 0.200. The predicted octanol–water partition coefficient (Wildman–Crippen LogP) is 5.47. The van der Waals surface area contributed by atoms with Gasteiger partial charge in [0.05, 0.1) is 5.02 Å². The van der Waals surface area contributed by atoms with Gasteiger partial charge in [0, 0.05) is 4.83 Å². The summed E-state index contributed by atoms with van der Waals surface area (Å²) in [5.74, 6) is -0.379. The first-order valence-electron chi connectivity index (χ1n) is 5.71. The Balaban J connectivity index is 2.13. The number of alkyl halides is 1. The molecule has 0 aromatic heterocycles. The minimum Gasteiger partial charge on any atom is -0.205 e. The number of benzene rings is 2. The van der Waals surface area contributed by atoms with Crippen molar-refractivity contribution in [2.45, 2.75) is 18.2 Å². The molecule has 1 unspecified atom stereocenters. The van der Waals surface area contributed by atoms with Gasteiger partial charge in [-0.15, -0.1) is 0 Å². The van der Waals surface area contributed by atoms with Crippen LogP contribution < -0.4 is 0 Å². The molecule has 0 bridgehead atoms. The second-order valence-corrected chi connectivity index (χ2v) is 5.84. The van der Waals surface area contributed by atoms with E-state index in [1.165, 1.54) is 17.2 Å². The average Bonchev–Trinajstić information content (AvgIpc) is 2.35. The van der Waals surface area contributed by atoms with E-state index in [1.54, 1.807) is 12.1 Å². The third kappa shape index (κ3) is 3.33. The van der Waals surface area contributed by atoms with Crippen molar-refractivity contribution in [3.8, 4) is 0 Å². The quantitative estimate of drug-likeness (QED) is 0.656. The van der Waals surface area contributed by atoms with Crippen molar-refractivity contribution in [3.05, 3.63) is 70.0 Å². The monoisotopic (exact) mass is 326 g/mol. The Kier molecular flexibility index (Phi) is 4.41. The van der Waals surface area contributed by atoms with Crippen LogP contribution in [0.5, 0.6) is 0 Å². The van der Waals surface area contributed by atoms with Crippen molar-refractivity contribution in [3.63, 3.8) is 0 Å². The standard InChI is InChI=1S/C15H13BrClF/c1-10-2-4-11(5-3-10)8-13(16)12-6-7-15(18)14(17)9-12/h2-7,9,13H,8H2,1H3. The summed E-state index contributed by atoms with van der Waals surface area (Å²) in [7, 11) is 0. The highest BCUT2D eigenvalue weighted by atomic mass is 79.9. The van der Waals surface area contributed by atoms with Crippen LogP contribution in [0.4, 0.5) is 4.39 Å². The second-order valence-electron chi connectivity index (χ2n) is 4.33. The predicted molar refractivity (Wildman–Crippen MR) is 78.0 cm³/mol. The Morgan fingerprint density at radius 3 is 2.44 bits per heavy atom. The Morgan fingerprint density at radius 2 is 1.83 bits per heavy atom. The number of halogens is 3. The molecule has 2 rings (SSSR count). The van der Waals surface area contributed by atoms with E-state index >= 15 is 0 Å². The van der Waals surface area contributed by atoms with Gasteiger partial charge in [-0.2, -0.15) is 0 Å². The average molecular weight is 328 g/mol. The van der Waals surface area contributed by atoms with Crippen LogP contribution in [0.1, 0.15) is 21.5 Å². The van der Waals surface area contributed by atoms with Crippen LogP contribution >= 0.6 is 27.5 Å². The first kappa shape index (κ1) is 13.6. The molecule has 1 atom stereocenters. The highest BCUT2D eigenvalue weighted by Gasteiger charge is 2.10. The van der Waals surface area contributed by atoms with Crippen LogP contribution in [0.3, 0.4) is 0 Å². The van der Waals surface area contributed by atoms with Gasteiger partial charge in [-0.3, -0.25) is 0 Å². The maximum Gasteiger partial charge on any atom is 0.141 e. The molecule has 0 aliphatic rings. The fourth-order valence-electron chi connectivity index (χ4n) is 1.76. The number of hydrogen-bond acceptors (Lipinski definition) is 0. The molecule has 2 aromatic rings. The lowest BCUT2D eigenvalue weighted by Crippen LogP contribution is -1.96. The van der Waals surface area contributed by atoms with E-state index in [-0.39, 0.29) is 15.7 Å². The van der Waals surface area contributed by atoms with E-state index in [1.807, 2.05) is 0 Å². The Bertz CT molecular complexity index is 537. The summed E-state index contributed by atoms with van der Waals surface area (Å²) in [4.78, 5) is 0.137. The zero-order valence-electron chi connectivity index (χ0n) is 9.96. The van der Waals surface area contributed by atoms with Gasteiger partial charge in [-0.25, -0.2) is 4.39 Å². The van der Waals surface area contributed by atoms with Gasteiger partial charge >= 0.3 is 0 Å². The summed E-state index contributed by atoms with van der Waals surface area (Å²) in [5.41, 5.74) is 3.47. The summed E-state index contributed by atoms with van der Waals surface area (Å²) in [6.07, 6.45) is 0.849. The fourth-order valence-corrected chi connectivity index (χ4v) is 2.60. The van der Waals surface area contributed by atoms with Crippen molar-refractivity contribution in [1.82, 2.24) is 0 Å². The molecule has 0 aliphatic carbocycles. The topological polar surface area (TPSA) is 0 Å². The molecule has 0 radical (unpaired) electrons. The Morgan fingerprint density at radius 1 is 1.17 bits per heavy atom. The van der Waals surface area contributed by atoms with Crippen LogP contribution in [0.25, 0.3) is 0 Å². The third-order valence-electron chi connectivity index (χ3n) is 2.84. The lowest BCUT2D eigenvalue weighted by Gasteiger charge is -2.11. The van der Waals surface area contributed by atoms with E-state index in [0.717, 1.165) is 12.0 Å². The van der Waals surface area contributed by atoms with Gasteiger partial charge < -0.3 is 0 Å². The summed E-state index contributed by atoms with van der Waals surface area (Å²) in [6.45, 7) is 2.06.